The Morgan fingerprint density at radius 1 is 1.33 bits per heavy atom. The summed E-state index contributed by atoms with van der Waals surface area (Å²) in [6.07, 6.45) is 1.76. The molecule has 0 bridgehead atoms. The summed E-state index contributed by atoms with van der Waals surface area (Å²) in [6.45, 7) is 5.55. The molecule has 0 amide bonds. The molecule has 0 aliphatic carbocycles. The van der Waals surface area contributed by atoms with Gasteiger partial charge in [0, 0.05) is 28.9 Å². The lowest BCUT2D eigenvalue weighted by Crippen LogP contribution is -2.07. The molecule has 5 nitrogen and oxygen atoms in total. The number of sulfone groups is 1. The maximum absolute atomic E-state index is 11.9. The molecule has 2 aromatic rings. The number of carboxylic acid groups (broad SMARTS) is 1. The molecule has 1 heterocycles. The first-order valence-corrected chi connectivity index (χ1v) is 8.65. The van der Waals surface area contributed by atoms with Crippen molar-refractivity contribution in [3.8, 4) is 0 Å². The van der Waals surface area contributed by atoms with Crippen molar-refractivity contribution in [1.82, 2.24) is 4.57 Å². The average molecular weight is 309 g/mol. The fraction of sp³-hybridized carbons (Fsp3) is 0.400. The molecule has 0 fully saturated rings. The average Bonchev–Trinajstić information content (AvgIpc) is 2.77. The van der Waals surface area contributed by atoms with Crippen LogP contribution in [0.2, 0.25) is 0 Å². The van der Waals surface area contributed by atoms with Gasteiger partial charge in [0.15, 0.2) is 9.84 Å². The molecule has 1 aromatic heterocycles. The summed E-state index contributed by atoms with van der Waals surface area (Å²) in [4.78, 5) is 11.4. The second-order valence-electron chi connectivity index (χ2n) is 5.34. The Morgan fingerprint density at radius 3 is 2.52 bits per heavy atom. The number of benzene rings is 1. The van der Waals surface area contributed by atoms with Gasteiger partial charge in [0.1, 0.15) is 0 Å². The van der Waals surface area contributed by atoms with Crippen LogP contribution in [0.15, 0.2) is 24.4 Å². The van der Waals surface area contributed by atoms with Gasteiger partial charge in [-0.2, -0.15) is 0 Å². The topological polar surface area (TPSA) is 76.4 Å². The number of aromatic carboxylic acids is 1. The molecule has 0 saturated carbocycles. The number of rotatable bonds is 5. The van der Waals surface area contributed by atoms with Crippen LogP contribution in [0.5, 0.6) is 0 Å². The van der Waals surface area contributed by atoms with Crippen molar-refractivity contribution in [1.29, 1.82) is 0 Å². The van der Waals surface area contributed by atoms with E-state index in [4.69, 9.17) is 0 Å². The van der Waals surface area contributed by atoms with E-state index >= 15 is 0 Å². The summed E-state index contributed by atoms with van der Waals surface area (Å²) >= 11 is 0. The van der Waals surface area contributed by atoms with Crippen LogP contribution in [0.1, 0.15) is 42.7 Å². The highest BCUT2D eigenvalue weighted by Gasteiger charge is 2.20. The minimum atomic E-state index is -3.23. The van der Waals surface area contributed by atoms with Crippen LogP contribution in [-0.2, 0) is 15.6 Å². The molecule has 114 valence electrons. The summed E-state index contributed by atoms with van der Waals surface area (Å²) in [5.74, 6) is -1.14. The fourth-order valence-corrected chi connectivity index (χ4v) is 3.35. The highest BCUT2D eigenvalue weighted by molar-refractivity contribution is 7.90. The van der Waals surface area contributed by atoms with E-state index in [-0.39, 0.29) is 23.1 Å². The van der Waals surface area contributed by atoms with Crippen LogP contribution in [0, 0.1) is 0 Å². The Balaban J connectivity index is 2.78. The number of fused-ring (bicyclic) bond motifs is 1. The molecule has 0 atom stereocenters. The third-order valence-electron chi connectivity index (χ3n) is 3.54. The standard InChI is InChI=1S/C15H19NO4S/c1-4-21(19,20)9-11-8-16(10(2)3)13-7-5-6-12(14(11)13)15(17)18/h5-8,10H,4,9H2,1-3H3,(H,17,18). The smallest absolute Gasteiger partial charge is 0.336 e. The largest absolute Gasteiger partial charge is 0.478 e. The van der Waals surface area contributed by atoms with E-state index in [9.17, 15) is 18.3 Å². The van der Waals surface area contributed by atoms with Gasteiger partial charge in [-0.25, -0.2) is 13.2 Å². The van der Waals surface area contributed by atoms with E-state index in [0.717, 1.165) is 5.52 Å². The Hall–Kier alpha value is -1.82. The van der Waals surface area contributed by atoms with Gasteiger partial charge in [0.25, 0.3) is 0 Å². The van der Waals surface area contributed by atoms with Crippen molar-refractivity contribution in [3.63, 3.8) is 0 Å². The number of nitrogens with zero attached hydrogens (tertiary/aromatic N) is 1. The molecule has 6 heteroatoms. The van der Waals surface area contributed by atoms with Crippen molar-refractivity contribution in [2.24, 2.45) is 0 Å². The molecule has 0 aliphatic rings. The van der Waals surface area contributed by atoms with Gasteiger partial charge in [-0.1, -0.05) is 13.0 Å². The molecular formula is C15H19NO4S. The second kappa shape index (κ2) is 5.52. The van der Waals surface area contributed by atoms with Gasteiger partial charge in [-0.15, -0.1) is 0 Å². The second-order valence-corrected chi connectivity index (χ2v) is 7.69. The maximum atomic E-state index is 11.9. The lowest BCUT2D eigenvalue weighted by atomic mass is 10.1. The van der Waals surface area contributed by atoms with Gasteiger partial charge in [0.05, 0.1) is 11.3 Å². The summed E-state index contributed by atoms with van der Waals surface area (Å²) in [5.41, 5.74) is 1.46. The monoisotopic (exact) mass is 309 g/mol. The van der Waals surface area contributed by atoms with Crippen molar-refractivity contribution >= 4 is 26.7 Å². The SMILES string of the molecule is CCS(=O)(=O)Cc1cn(C(C)C)c2cccc(C(=O)O)c12. The molecule has 1 N–H and O–H groups in total. The van der Waals surface area contributed by atoms with E-state index in [0.29, 0.717) is 10.9 Å². The van der Waals surface area contributed by atoms with Gasteiger partial charge in [0.2, 0.25) is 0 Å². The molecule has 0 radical (unpaired) electrons. The predicted molar refractivity (Wildman–Crippen MR) is 82.4 cm³/mol. The molecule has 1 aromatic carbocycles. The van der Waals surface area contributed by atoms with Gasteiger partial charge in [-0.3, -0.25) is 0 Å². The Labute approximate surface area is 124 Å². The Kier molecular flexibility index (Phi) is 4.09. The first-order valence-electron chi connectivity index (χ1n) is 6.83. The first-order chi connectivity index (χ1) is 9.76. The fourth-order valence-electron chi connectivity index (χ4n) is 2.45. The van der Waals surface area contributed by atoms with E-state index in [1.165, 1.54) is 6.07 Å². The minimum absolute atomic E-state index is 0.0383. The van der Waals surface area contributed by atoms with E-state index in [2.05, 4.69) is 0 Å². The third-order valence-corrected chi connectivity index (χ3v) is 5.17. The van der Waals surface area contributed by atoms with Crippen LogP contribution in [-0.4, -0.2) is 29.8 Å². The van der Waals surface area contributed by atoms with Crippen LogP contribution in [0.4, 0.5) is 0 Å². The molecule has 0 unspecified atom stereocenters. The van der Waals surface area contributed by atoms with Gasteiger partial charge in [-0.05, 0) is 31.5 Å². The van der Waals surface area contributed by atoms with Crippen LogP contribution in [0.25, 0.3) is 10.9 Å². The quantitative estimate of drug-likeness (QED) is 0.921. The Morgan fingerprint density at radius 2 is 2.00 bits per heavy atom. The normalized spacial score (nSPS) is 12.2. The van der Waals surface area contributed by atoms with Crippen molar-refractivity contribution in [3.05, 3.63) is 35.5 Å². The number of hydrogen-bond acceptors (Lipinski definition) is 3. The number of hydrogen-bond donors (Lipinski definition) is 1. The number of carboxylic acids is 1. The number of carbonyl (C=O) groups is 1. The molecule has 21 heavy (non-hydrogen) atoms. The lowest BCUT2D eigenvalue weighted by Gasteiger charge is -2.09. The van der Waals surface area contributed by atoms with Crippen LogP contribution in [0.3, 0.4) is 0 Å². The summed E-state index contributed by atoms with van der Waals surface area (Å²) < 4.78 is 25.8. The van der Waals surface area contributed by atoms with E-state index in [1.807, 2.05) is 24.5 Å². The maximum Gasteiger partial charge on any atom is 0.336 e. The first kappa shape index (κ1) is 15.6. The zero-order chi connectivity index (χ0) is 15.8. The highest BCUT2D eigenvalue weighted by atomic mass is 32.2. The third kappa shape index (κ3) is 2.95. The molecule has 0 spiro atoms. The highest BCUT2D eigenvalue weighted by Crippen LogP contribution is 2.29. The van der Waals surface area contributed by atoms with E-state index in [1.54, 1.807) is 19.2 Å². The molecule has 0 aliphatic heterocycles. The predicted octanol–water partition coefficient (Wildman–Crippen LogP) is 2.86. The summed E-state index contributed by atoms with van der Waals surface area (Å²) in [7, 11) is -3.23. The summed E-state index contributed by atoms with van der Waals surface area (Å²) in [5, 5.41) is 9.88. The zero-order valence-electron chi connectivity index (χ0n) is 12.3. The Bertz CT molecular complexity index is 787. The van der Waals surface area contributed by atoms with Gasteiger partial charge < -0.3 is 9.67 Å². The molecule has 2 rings (SSSR count). The summed E-state index contributed by atoms with van der Waals surface area (Å²) in [6, 6.07) is 5.14. The van der Waals surface area contributed by atoms with Crippen molar-refractivity contribution in [2.45, 2.75) is 32.6 Å². The van der Waals surface area contributed by atoms with Gasteiger partial charge >= 0.3 is 5.97 Å². The number of aromatic nitrogens is 1. The lowest BCUT2D eigenvalue weighted by molar-refractivity contribution is 0.0699. The molecular weight excluding hydrogens is 290 g/mol. The van der Waals surface area contributed by atoms with Crippen molar-refractivity contribution in [2.75, 3.05) is 5.75 Å². The zero-order valence-corrected chi connectivity index (χ0v) is 13.1. The van der Waals surface area contributed by atoms with Crippen LogP contribution >= 0.6 is 0 Å². The van der Waals surface area contributed by atoms with Crippen LogP contribution < -0.4 is 0 Å². The molecule has 0 saturated heterocycles. The minimum Gasteiger partial charge on any atom is -0.478 e. The van der Waals surface area contributed by atoms with Crippen molar-refractivity contribution < 1.29 is 18.3 Å². The van der Waals surface area contributed by atoms with E-state index < -0.39 is 15.8 Å².